The zero-order valence-corrected chi connectivity index (χ0v) is 7.66. The van der Waals surface area contributed by atoms with E-state index in [0.717, 1.165) is 36.9 Å². The lowest BCUT2D eigenvalue weighted by Crippen LogP contribution is -2.08. The maximum atomic E-state index is 10.7. The molecule has 2 rings (SSSR count). The van der Waals surface area contributed by atoms with Crippen molar-refractivity contribution in [2.45, 2.75) is 26.2 Å². The van der Waals surface area contributed by atoms with Crippen LogP contribution in [-0.4, -0.2) is 16.5 Å². The summed E-state index contributed by atoms with van der Waals surface area (Å²) in [6.07, 6.45) is 3.83. The van der Waals surface area contributed by atoms with Crippen LogP contribution in [0.2, 0.25) is 0 Å². The van der Waals surface area contributed by atoms with Crippen molar-refractivity contribution in [1.82, 2.24) is 10.2 Å². The molecule has 0 bridgehead atoms. The summed E-state index contributed by atoms with van der Waals surface area (Å²) in [5.74, 6) is 0. The maximum absolute atomic E-state index is 10.7. The van der Waals surface area contributed by atoms with Crippen LogP contribution in [0.15, 0.2) is 12.1 Å². The third-order valence-electron chi connectivity index (χ3n) is 2.53. The van der Waals surface area contributed by atoms with Gasteiger partial charge in [0.05, 0.1) is 11.4 Å². The van der Waals surface area contributed by atoms with E-state index in [1.807, 2.05) is 19.1 Å². The number of carbonyl (C=O) groups excluding carboxylic acids is 1. The number of rotatable bonds is 3. The fourth-order valence-corrected chi connectivity index (χ4v) is 1.38. The highest BCUT2D eigenvalue weighted by atomic mass is 16.1. The summed E-state index contributed by atoms with van der Waals surface area (Å²) < 4.78 is 0. The molecule has 0 atom stereocenters. The molecule has 68 valence electrons. The number of hydrogen-bond acceptors (Lipinski definition) is 3. The Hall–Kier alpha value is -1.25. The van der Waals surface area contributed by atoms with Gasteiger partial charge in [0, 0.05) is 11.8 Å². The van der Waals surface area contributed by atoms with E-state index in [1.54, 1.807) is 0 Å². The second-order valence-corrected chi connectivity index (χ2v) is 3.82. The van der Waals surface area contributed by atoms with Gasteiger partial charge in [0.25, 0.3) is 0 Å². The molecule has 1 saturated carbocycles. The van der Waals surface area contributed by atoms with Crippen molar-refractivity contribution >= 4 is 6.29 Å². The SMILES string of the molecule is Cc1ccc(CC2(C=O)CC2)nn1. The molecule has 1 aromatic heterocycles. The predicted molar refractivity (Wildman–Crippen MR) is 48.2 cm³/mol. The molecular formula is C10H12N2O. The third kappa shape index (κ3) is 1.74. The number of aryl methyl sites for hydroxylation is 1. The fraction of sp³-hybridized carbons (Fsp3) is 0.500. The standard InChI is InChI=1S/C10H12N2O/c1-8-2-3-9(12-11-8)6-10(7-13)4-5-10/h2-3,7H,4-6H2,1H3. The van der Waals surface area contributed by atoms with E-state index in [4.69, 9.17) is 0 Å². The van der Waals surface area contributed by atoms with Crippen molar-refractivity contribution in [3.63, 3.8) is 0 Å². The summed E-state index contributed by atoms with van der Waals surface area (Å²) in [4.78, 5) is 10.7. The van der Waals surface area contributed by atoms with Gasteiger partial charge in [-0.25, -0.2) is 0 Å². The Bertz CT molecular complexity index is 314. The van der Waals surface area contributed by atoms with E-state index >= 15 is 0 Å². The first-order chi connectivity index (χ1) is 6.24. The molecule has 3 nitrogen and oxygen atoms in total. The average Bonchev–Trinajstić information content (AvgIpc) is 2.90. The molecule has 3 heteroatoms. The second-order valence-electron chi connectivity index (χ2n) is 3.82. The minimum absolute atomic E-state index is 0.0933. The molecule has 1 aromatic rings. The van der Waals surface area contributed by atoms with Gasteiger partial charge in [-0.2, -0.15) is 10.2 Å². The maximum Gasteiger partial charge on any atom is 0.126 e. The van der Waals surface area contributed by atoms with Crippen molar-refractivity contribution in [1.29, 1.82) is 0 Å². The first kappa shape index (κ1) is 8.35. The molecule has 0 radical (unpaired) electrons. The highest BCUT2D eigenvalue weighted by Gasteiger charge is 2.42. The molecule has 13 heavy (non-hydrogen) atoms. The van der Waals surface area contributed by atoms with E-state index in [9.17, 15) is 4.79 Å². The number of carbonyl (C=O) groups is 1. The fourth-order valence-electron chi connectivity index (χ4n) is 1.38. The molecule has 0 aromatic carbocycles. The summed E-state index contributed by atoms with van der Waals surface area (Å²) in [6.45, 7) is 1.91. The minimum atomic E-state index is -0.0933. The molecule has 0 amide bonds. The van der Waals surface area contributed by atoms with Gasteiger partial charge in [-0.3, -0.25) is 0 Å². The summed E-state index contributed by atoms with van der Waals surface area (Å²) in [5, 5.41) is 8.00. The lowest BCUT2D eigenvalue weighted by molar-refractivity contribution is -0.112. The van der Waals surface area contributed by atoms with Crippen LogP contribution in [-0.2, 0) is 11.2 Å². The smallest absolute Gasteiger partial charge is 0.126 e. The van der Waals surface area contributed by atoms with Crippen LogP contribution < -0.4 is 0 Å². The monoisotopic (exact) mass is 176 g/mol. The Labute approximate surface area is 77.2 Å². The summed E-state index contributed by atoms with van der Waals surface area (Å²) in [7, 11) is 0. The van der Waals surface area contributed by atoms with E-state index in [0.29, 0.717) is 0 Å². The Morgan fingerprint density at radius 1 is 1.46 bits per heavy atom. The summed E-state index contributed by atoms with van der Waals surface area (Å²) in [6, 6.07) is 3.88. The highest BCUT2D eigenvalue weighted by molar-refractivity contribution is 5.64. The first-order valence-electron chi connectivity index (χ1n) is 4.50. The van der Waals surface area contributed by atoms with Crippen molar-refractivity contribution in [3.8, 4) is 0 Å². The van der Waals surface area contributed by atoms with Gasteiger partial charge in [-0.1, -0.05) is 0 Å². The summed E-state index contributed by atoms with van der Waals surface area (Å²) >= 11 is 0. The second kappa shape index (κ2) is 2.91. The topological polar surface area (TPSA) is 42.9 Å². The van der Waals surface area contributed by atoms with Crippen LogP contribution in [0.25, 0.3) is 0 Å². The molecule has 1 aliphatic carbocycles. The first-order valence-corrected chi connectivity index (χ1v) is 4.50. The molecule has 1 fully saturated rings. The quantitative estimate of drug-likeness (QED) is 0.652. The zero-order valence-electron chi connectivity index (χ0n) is 7.66. The predicted octanol–water partition coefficient (Wildman–Crippen LogP) is 1.31. The van der Waals surface area contributed by atoms with Crippen molar-refractivity contribution < 1.29 is 4.79 Å². The Balaban J connectivity index is 2.10. The van der Waals surface area contributed by atoms with Gasteiger partial charge in [0.2, 0.25) is 0 Å². The van der Waals surface area contributed by atoms with Crippen molar-refractivity contribution in [2.24, 2.45) is 5.41 Å². The normalized spacial score (nSPS) is 18.2. The lowest BCUT2D eigenvalue weighted by atomic mass is 10.0. The minimum Gasteiger partial charge on any atom is -0.303 e. The van der Waals surface area contributed by atoms with Crippen LogP contribution >= 0.6 is 0 Å². The Kier molecular flexibility index (Phi) is 1.87. The summed E-state index contributed by atoms with van der Waals surface area (Å²) in [5.41, 5.74) is 1.75. The number of aldehydes is 1. The van der Waals surface area contributed by atoms with Gasteiger partial charge < -0.3 is 4.79 Å². The van der Waals surface area contributed by atoms with Gasteiger partial charge in [-0.15, -0.1) is 0 Å². The molecule has 1 heterocycles. The van der Waals surface area contributed by atoms with Crippen molar-refractivity contribution in [3.05, 3.63) is 23.5 Å². The van der Waals surface area contributed by atoms with E-state index in [-0.39, 0.29) is 5.41 Å². The van der Waals surface area contributed by atoms with Gasteiger partial charge in [-0.05, 0) is 31.9 Å². The van der Waals surface area contributed by atoms with Gasteiger partial charge >= 0.3 is 0 Å². The molecule has 0 N–H and O–H groups in total. The van der Waals surface area contributed by atoms with E-state index in [2.05, 4.69) is 10.2 Å². The van der Waals surface area contributed by atoms with E-state index in [1.165, 1.54) is 0 Å². The molecule has 0 saturated heterocycles. The highest BCUT2D eigenvalue weighted by Crippen LogP contribution is 2.45. The zero-order chi connectivity index (χ0) is 9.31. The van der Waals surface area contributed by atoms with Gasteiger partial charge in [0.15, 0.2) is 0 Å². The van der Waals surface area contributed by atoms with Gasteiger partial charge in [0.1, 0.15) is 6.29 Å². The number of nitrogens with zero attached hydrogens (tertiary/aromatic N) is 2. The molecular weight excluding hydrogens is 164 g/mol. The largest absolute Gasteiger partial charge is 0.303 e. The third-order valence-corrected chi connectivity index (χ3v) is 2.53. The average molecular weight is 176 g/mol. The van der Waals surface area contributed by atoms with Crippen molar-refractivity contribution in [2.75, 3.05) is 0 Å². The molecule has 0 spiro atoms. The lowest BCUT2D eigenvalue weighted by Gasteiger charge is -2.04. The van der Waals surface area contributed by atoms with Crippen LogP contribution in [0.1, 0.15) is 24.2 Å². The number of hydrogen-bond donors (Lipinski definition) is 0. The molecule has 0 aliphatic heterocycles. The van der Waals surface area contributed by atoms with E-state index < -0.39 is 0 Å². The molecule has 1 aliphatic rings. The Morgan fingerprint density at radius 2 is 2.23 bits per heavy atom. The van der Waals surface area contributed by atoms with Crippen LogP contribution in [0, 0.1) is 12.3 Å². The van der Waals surface area contributed by atoms with Crippen LogP contribution in [0.3, 0.4) is 0 Å². The molecule has 0 unspecified atom stereocenters. The van der Waals surface area contributed by atoms with Crippen LogP contribution in [0.4, 0.5) is 0 Å². The Morgan fingerprint density at radius 3 is 2.69 bits per heavy atom. The van der Waals surface area contributed by atoms with Crippen LogP contribution in [0.5, 0.6) is 0 Å². The number of aromatic nitrogens is 2.